The zero-order valence-electron chi connectivity index (χ0n) is 13.0. The molecule has 4 nitrogen and oxygen atoms in total. The molecule has 0 saturated carbocycles. The maximum absolute atomic E-state index is 12.5. The smallest absolute Gasteiger partial charge is 0.218 e. The van der Waals surface area contributed by atoms with E-state index < -0.39 is 10.0 Å². The Bertz CT molecular complexity index is 522. The summed E-state index contributed by atoms with van der Waals surface area (Å²) in [6.07, 6.45) is 1.89. The molecular formula is C16H26N2O2S. The molecule has 1 aromatic rings. The molecule has 1 unspecified atom stereocenters. The molecule has 1 N–H and O–H groups in total. The Balaban J connectivity index is 1.92. The lowest BCUT2D eigenvalue weighted by molar-refractivity contribution is 0.232. The summed E-state index contributed by atoms with van der Waals surface area (Å²) in [6, 6.07) is 9.89. The van der Waals surface area contributed by atoms with Gasteiger partial charge >= 0.3 is 0 Å². The minimum absolute atomic E-state index is 0.112. The van der Waals surface area contributed by atoms with Gasteiger partial charge in [0.2, 0.25) is 10.0 Å². The first-order valence-electron chi connectivity index (χ1n) is 7.78. The van der Waals surface area contributed by atoms with E-state index in [2.05, 4.69) is 19.2 Å². The van der Waals surface area contributed by atoms with Crippen LogP contribution in [0.25, 0.3) is 0 Å². The van der Waals surface area contributed by atoms with Crippen molar-refractivity contribution in [2.75, 3.05) is 19.6 Å². The Kier molecular flexibility index (Phi) is 5.79. The summed E-state index contributed by atoms with van der Waals surface area (Å²) in [7, 11) is -3.18. The minimum atomic E-state index is -3.18. The van der Waals surface area contributed by atoms with Crippen LogP contribution in [0.3, 0.4) is 0 Å². The van der Waals surface area contributed by atoms with E-state index in [9.17, 15) is 8.42 Å². The predicted octanol–water partition coefficient (Wildman–Crippen LogP) is 2.23. The van der Waals surface area contributed by atoms with E-state index in [1.165, 1.54) is 0 Å². The van der Waals surface area contributed by atoms with E-state index in [-0.39, 0.29) is 5.75 Å². The fourth-order valence-corrected chi connectivity index (χ4v) is 4.58. The fraction of sp³-hybridized carbons (Fsp3) is 0.625. The van der Waals surface area contributed by atoms with Gasteiger partial charge in [-0.2, -0.15) is 0 Å². The highest BCUT2D eigenvalue weighted by Gasteiger charge is 2.29. The molecule has 2 rings (SSSR count). The number of nitrogens with zero attached hydrogens (tertiary/aromatic N) is 1. The Morgan fingerprint density at radius 3 is 2.43 bits per heavy atom. The predicted molar refractivity (Wildman–Crippen MR) is 86.5 cm³/mol. The topological polar surface area (TPSA) is 49.4 Å². The first-order valence-corrected chi connectivity index (χ1v) is 9.39. The number of sulfonamides is 1. The van der Waals surface area contributed by atoms with E-state index in [0.717, 1.165) is 24.9 Å². The van der Waals surface area contributed by atoms with Crippen LogP contribution in [0.2, 0.25) is 0 Å². The average Bonchev–Trinajstić information content (AvgIpc) is 2.48. The van der Waals surface area contributed by atoms with Crippen molar-refractivity contribution < 1.29 is 8.42 Å². The maximum Gasteiger partial charge on any atom is 0.218 e. The highest BCUT2D eigenvalue weighted by atomic mass is 32.2. The zero-order valence-corrected chi connectivity index (χ0v) is 13.8. The van der Waals surface area contributed by atoms with E-state index in [4.69, 9.17) is 0 Å². The first-order chi connectivity index (χ1) is 10.0. The summed E-state index contributed by atoms with van der Waals surface area (Å²) >= 11 is 0. The summed E-state index contributed by atoms with van der Waals surface area (Å²) in [5.41, 5.74) is 0.862. The van der Waals surface area contributed by atoms with Crippen molar-refractivity contribution in [2.45, 2.75) is 38.5 Å². The molecule has 21 heavy (non-hydrogen) atoms. The van der Waals surface area contributed by atoms with Gasteiger partial charge in [-0.25, -0.2) is 12.7 Å². The van der Waals surface area contributed by atoms with Crippen molar-refractivity contribution in [3.05, 3.63) is 35.9 Å². The second-order valence-electron chi connectivity index (χ2n) is 5.82. The van der Waals surface area contributed by atoms with Gasteiger partial charge in [0, 0.05) is 19.1 Å². The van der Waals surface area contributed by atoms with Crippen LogP contribution in [0.5, 0.6) is 0 Å². The summed E-state index contributed by atoms with van der Waals surface area (Å²) in [5, 5.41) is 3.44. The fourth-order valence-electron chi connectivity index (χ4n) is 3.02. The van der Waals surface area contributed by atoms with Gasteiger partial charge in [0.15, 0.2) is 0 Å². The van der Waals surface area contributed by atoms with Gasteiger partial charge in [-0.1, -0.05) is 37.3 Å². The third-order valence-corrected chi connectivity index (χ3v) is 6.17. The van der Waals surface area contributed by atoms with Gasteiger partial charge in [-0.15, -0.1) is 0 Å². The molecule has 0 amide bonds. The lowest BCUT2D eigenvalue weighted by Crippen LogP contribution is -2.44. The first kappa shape index (κ1) is 16.5. The van der Waals surface area contributed by atoms with Crippen LogP contribution >= 0.6 is 0 Å². The molecule has 0 aromatic heterocycles. The van der Waals surface area contributed by atoms with Gasteiger partial charge in [-0.3, -0.25) is 0 Å². The van der Waals surface area contributed by atoms with Crippen molar-refractivity contribution in [3.8, 4) is 0 Å². The quantitative estimate of drug-likeness (QED) is 0.876. The second kappa shape index (κ2) is 7.38. The van der Waals surface area contributed by atoms with Gasteiger partial charge in [0.1, 0.15) is 0 Å². The number of nitrogens with one attached hydrogen (secondary N) is 1. The van der Waals surface area contributed by atoms with Gasteiger partial charge < -0.3 is 5.32 Å². The third-order valence-electron chi connectivity index (χ3n) is 4.32. The number of hydrogen-bond donors (Lipinski definition) is 1. The van der Waals surface area contributed by atoms with E-state index >= 15 is 0 Å². The Morgan fingerprint density at radius 1 is 1.24 bits per heavy atom. The minimum Gasteiger partial charge on any atom is -0.314 e. The van der Waals surface area contributed by atoms with E-state index in [1.807, 2.05) is 30.3 Å². The molecule has 5 heteroatoms. The number of benzene rings is 1. The Labute approximate surface area is 128 Å². The zero-order chi connectivity index (χ0) is 15.3. The van der Waals surface area contributed by atoms with Crippen LogP contribution in [0, 0.1) is 5.92 Å². The van der Waals surface area contributed by atoms with Crippen molar-refractivity contribution in [2.24, 2.45) is 5.92 Å². The SMILES string of the molecule is CCNC(C)C1CCN(S(=O)(=O)Cc2ccccc2)CC1. The van der Waals surface area contributed by atoms with Crippen LogP contribution in [-0.2, 0) is 15.8 Å². The van der Waals surface area contributed by atoms with Crippen LogP contribution in [0.4, 0.5) is 0 Å². The molecule has 1 fully saturated rings. The molecule has 1 saturated heterocycles. The molecule has 118 valence electrons. The molecule has 1 aromatic carbocycles. The Morgan fingerprint density at radius 2 is 1.86 bits per heavy atom. The summed E-state index contributed by atoms with van der Waals surface area (Å²) in [6.45, 7) is 6.57. The van der Waals surface area contributed by atoms with Gasteiger partial charge in [0.25, 0.3) is 0 Å². The standard InChI is InChI=1S/C16H26N2O2S/c1-3-17-14(2)16-9-11-18(12-10-16)21(19,20)13-15-7-5-4-6-8-15/h4-8,14,16-17H,3,9-13H2,1-2H3. The van der Waals surface area contributed by atoms with Gasteiger partial charge in [-0.05, 0) is 37.8 Å². The molecule has 1 atom stereocenters. The second-order valence-corrected chi connectivity index (χ2v) is 7.79. The van der Waals surface area contributed by atoms with Gasteiger partial charge in [0.05, 0.1) is 5.75 Å². The highest BCUT2D eigenvalue weighted by molar-refractivity contribution is 7.88. The van der Waals surface area contributed by atoms with Crippen LogP contribution < -0.4 is 5.32 Å². The normalized spacial score (nSPS) is 19.5. The molecule has 1 aliphatic rings. The molecule has 0 spiro atoms. The molecule has 0 bridgehead atoms. The molecule has 1 heterocycles. The lowest BCUT2D eigenvalue weighted by atomic mass is 9.91. The van der Waals surface area contributed by atoms with Crippen molar-refractivity contribution in [1.82, 2.24) is 9.62 Å². The van der Waals surface area contributed by atoms with Crippen molar-refractivity contribution in [1.29, 1.82) is 0 Å². The summed E-state index contributed by atoms with van der Waals surface area (Å²) in [5.74, 6) is 0.689. The van der Waals surface area contributed by atoms with Crippen LogP contribution in [0.1, 0.15) is 32.3 Å². The third kappa shape index (κ3) is 4.53. The highest BCUT2D eigenvalue weighted by Crippen LogP contribution is 2.24. The van der Waals surface area contributed by atoms with Crippen LogP contribution in [-0.4, -0.2) is 38.4 Å². The van der Waals surface area contributed by atoms with Crippen LogP contribution in [0.15, 0.2) is 30.3 Å². The monoisotopic (exact) mass is 310 g/mol. The largest absolute Gasteiger partial charge is 0.314 e. The lowest BCUT2D eigenvalue weighted by Gasteiger charge is -2.34. The number of rotatable bonds is 6. The van der Waals surface area contributed by atoms with E-state index in [0.29, 0.717) is 25.0 Å². The van der Waals surface area contributed by atoms with Crippen molar-refractivity contribution in [3.63, 3.8) is 0 Å². The summed E-state index contributed by atoms with van der Waals surface area (Å²) < 4.78 is 26.6. The summed E-state index contributed by atoms with van der Waals surface area (Å²) in [4.78, 5) is 0. The maximum atomic E-state index is 12.5. The molecule has 1 aliphatic heterocycles. The molecule has 0 radical (unpaired) electrons. The molecule has 0 aliphatic carbocycles. The number of hydrogen-bond acceptors (Lipinski definition) is 3. The molecular weight excluding hydrogens is 284 g/mol. The average molecular weight is 310 g/mol. The number of piperidine rings is 1. The Hall–Kier alpha value is -0.910. The van der Waals surface area contributed by atoms with E-state index in [1.54, 1.807) is 4.31 Å². The van der Waals surface area contributed by atoms with Crippen molar-refractivity contribution >= 4 is 10.0 Å².